The van der Waals surface area contributed by atoms with Crippen molar-refractivity contribution in [3.8, 4) is 0 Å². The van der Waals surface area contributed by atoms with Crippen molar-refractivity contribution in [2.45, 2.75) is 91.9 Å². The van der Waals surface area contributed by atoms with Crippen LogP contribution in [0.15, 0.2) is 24.3 Å². The summed E-state index contributed by atoms with van der Waals surface area (Å²) in [5.41, 5.74) is 2.13. The average molecular weight is 377 g/mol. The van der Waals surface area contributed by atoms with Crippen LogP contribution in [0.3, 0.4) is 0 Å². The van der Waals surface area contributed by atoms with E-state index in [1.807, 2.05) is 13.8 Å². The van der Waals surface area contributed by atoms with Gasteiger partial charge in [0, 0.05) is 19.1 Å². The van der Waals surface area contributed by atoms with Gasteiger partial charge in [-0.05, 0) is 26.7 Å². The minimum atomic E-state index is 0.365. The van der Waals surface area contributed by atoms with Crippen molar-refractivity contribution in [1.82, 2.24) is 0 Å². The van der Waals surface area contributed by atoms with Gasteiger partial charge in [-0.25, -0.2) is 0 Å². The van der Waals surface area contributed by atoms with Gasteiger partial charge in [0.25, 0.3) is 0 Å². The fourth-order valence-corrected chi connectivity index (χ4v) is 1.77. The number of alkyl halides is 1. The van der Waals surface area contributed by atoms with Gasteiger partial charge < -0.3 is 9.84 Å². The fraction of sp³-hybridized carbons (Fsp3) is 0.818. The lowest BCUT2D eigenvalue weighted by atomic mass is 10.2. The maximum atomic E-state index is 8.37. The van der Waals surface area contributed by atoms with Crippen LogP contribution >= 0.6 is 11.6 Å². The number of ether oxygens (including phenoxy) is 1. The number of halogens is 1. The van der Waals surface area contributed by atoms with Gasteiger partial charge in [-0.15, -0.1) is 11.6 Å². The van der Waals surface area contributed by atoms with E-state index in [4.69, 9.17) is 21.4 Å². The first-order chi connectivity index (χ1) is 12.0. The van der Waals surface area contributed by atoms with E-state index in [0.29, 0.717) is 12.5 Å². The minimum absolute atomic E-state index is 0.365. The highest BCUT2D eigenvalue weighted by atomic mass is 35.5. The van der Waals surface area contributed by atoms with E-state index in [2.05, 4.69) is 27.0 Å². The third-order valence-electron chi connectivity index (χ3n) is 3.23. The molecule has 0 amide bonds. The second kappa shape index (κ2) is 28.5. The molecular formula is C22H45ClO2. The summed E-state index contributed by atoms with van der Waals surface area (Å²) in [6.45, 7) is 17.6. The second-order valence-corrected chi connectivity index (χ2v) is 6.92. The van der Waals surface area contributed by atoms with Gasteiger partial charge in [0.05, 0.1) is 6.61 Å². The molecule has 0 bridgehead atoms. The molecule has 0 aromatic carbocycles. The van der Waals surface area contributed by atoms with E-state index in [0.717, 1.165) is 30.8 Å². The lowest BCUT2D eigenvalue weighted by Gasteiger charge is -2.02. The van der Waals surface area contributed by atoms with Crippen molar-refractivity contribution >= 4 is 11.6 Å². The minimum Gasteiger partial charge on any atom is -0.396 e. The predicted molar refractivity (Wildman–Crippen MR) is 116 cm³/mol. The third-order valence-corrected chi connectivity index (χ3v) is 3.69. The van der Waals surface area contributed by atoms with E-state index in [9.17, 15) is 0 Å². The van der Waals surface area contributed by atoms with Crippen LogP contribution in [0.5, 0.6) is 0 Å². The van der Waals surface area contributed by atoms with E-state index in [1.54, 1.807) is 0 Å². The fourth-order valence-electron chi connectivity index (χ4n) is 1.77. The first kappa shape index (κ1) is 29.5. The summed E-state index contributed by atoms with van der Waals surface area (Å²) in [4.78, 5) is 0. The molecule has 0 aromatic rings. The summed E-state index contributed by atoms with van der Waals surface area (Å²) in [6.07, 6.45) is 12.6. The lowest BCUT2D eigenvalue weighted by molar-refractivity contribution is 0.151. The topological polar surface area (TPSA) is 29.5 Å². The first-order valence-corrected chi connectivity index (χ1v) is 10.5. The second-order valence-electron chi connectivity index (χ2n) is 6.65. The molecule has 2 nitrogen and oxygen atoms in total. The summed E-state index contributed by atoms with van der Waals surface area (Å²) in [7, 11) is 0. The van der Waals surface area contributed by atoms with Crippen molar-refractivity contribution in [1.29, 1.82) is 0 Å². The van der Waals surface area contributed by atoms with Gasteiger partial charge in [-0.1, -0.05) is 89.5 Å². The Morgan fingerprint density at radius 2 is 1.24 bits per heavy atom. The zero-order valence-corrected chi connectivity index (χ0v) is 18.3. The first-order valence-electron chi connectivity index (χ1n) is 9.99. The maximum absolute atomic E-state index is 8.37. The number of hydrogen-bond acceptors (Lipinski definition) is 2. The number of allylic oxidation sites excluding steroid dienone is 1. The van der Waals surface area contributed by atoms with Crippen molar-refractivity contribution in [3.05, 3.63) is 24.3 Å². The Hall–Kier alpha value is -0.310. The molecular weight excluding hydrogens is 332 g/mol. The highest BCUT2D eigenvalue weighted by molar-refractivity contribution is 6.19. The molecule has 0 aliphatic heterocycles. The van der Waals surface area contributed by atoms with Crippen LogP contribution in [-0.4, -0.2) is 30.8 Å². The smallest absolute Gasteiger partial charge is 0.0671 e. The molecule has 3 heteroatoms. The third kappa shape index (κ3) is 45.3. The highest BCUT2D eigenvalue weighted by Crippen LogP contribution is 2.02. The average Bonchev–Trinajstić information content (AvgIpc) is 2.59. The van der Waals surface area contributed by atoms with E-state index in [1.165, 1.54) is 57.8 Å². The summed E-state index contributed by atoms with van der Waals surface area (Å²) >= 11 is 5.24. The summed E-state index contributed by atoms with van der Waals surface area (Å²) < 4.78 is 5.38. The molecule has 0 heterocycles. The molecule has 0 fully saturated rings. The Morgan fingerprint density at radius 1 is 0.800 bits per heavy atom. The van der Waals surface area contributed by atoms with Gasteiger partial charge in [-0.3, -0.25) is 0 Å². The summed E-state index contributed by atoms with van der Waals surface area (Å²) in [6, 6.07) is 0. The standard InChI is InChI=1S/C11H22O.C7H16O.C4H7Cl/c1-4-5-6-7-8-9-12-10-11(2)3;1-2-3-4-5-6-7-8;1-4(2)3-5/h2,4-10H2,1,3H3;8H,2-7H2,1H3;1,3H2,2H3. The molecule has 0 aliphatic carbocycles. The van der Waals surface area contributed by atoms with Gasteiger partial charge in [-0.2, -0.15) is 0 Å². The number of rotatable bonds is 14. The Bertz CT molecular complexity index is 259. The SMILES string of the molecule is C=C(C)CCl.C=C(C)COCCCCCCC.CCCCCCCO. The van der Waals surface area contributed by atoms with Crippen LogP contribution in [0.4, 0.5) is 0 Å². The van der Waals surface area contributed by atoms with Crippen LogP contribution in [-0.2, 0) is 4.74 Å². The van der Waals surface area contributed by atoms with Gasteiger partial charge in [0.2, 0.25) is 0 Å². The van der Waals surface area contributed by atoms with Crippen LogP contribution in [0.1, 0.15) is 91.9 Å². The number of aliphatic hydroxyl groups excluding tert-OH is 1. The number of aliphatic hydroxyl groups is 1. The highest BCUT2D eigenvalue weighted by Gasteiger charge is 1.90. The molecule has 0 saturated heterocycles. The van der Waals surface area contributed by atoms with Gasteiger partial charge in [0.15, 0.2) is 0 Å². The Balaban J connectivity index is -0.000000321. The molecule has 0 aromatic heterocycles. The Labute approximate surface area is 163 Å². The largest absolute Gasteiger partial charge is 0.396 e. The normalized spacial score (nSPS) is 9.52. The van der Waals surface area contributed by atoms with Gasteiger partial charge in [0.1, 0.15) is 0 Å². The number of unbranched alkanes of at least 4 members (excludes halogenated alkanes) is 8. The molecule has 152 valence electrons. The van der Waals surface area contributed by atoms with Crippen molar-refractivity contribution in [3.63, 3.8) is 0 Å². The molecule has 0 saturated carbocycles. The van der Waals surface area contributed by atoms with Crippen LogP contribution in [0.25, 0.3) is 0 Å². The monoisotopic (exact) mass is 376 g/mol. The summed E-state index contributed by atoms with van der Waals surface area (Å²) in [5.74, 6) is 0.583. The van der Waals surface area contributed by atoms with Crippen LogP contribution in [0.2, 0.25) is 0 Å². The van der Waals surface area contributed by atoms with Crippen LogP contribution in [0, 0.1) is 0 Å². The lowest BCUT2D eigenvalue weighted by Crippen LogP contribution is -1.97. The van der Waals surface area contributed by atoms with Crippen molar-refractivity contribution < 1.29 is 9.84 Å². The van der Waals surface area contributed by atoms with Gasteiger partial charge >= 0.3 is 0 Å². The molecule has 0 rings (SSSR count). The van der Waals surface area contributed by atoms with Crippen LogP contribution < -0.4 is 0 Å². The zero-order chi connectivity index (χ0) is 19.8. The van der Waals surface area contributed by atoms with E-state index in [-0.39, 0.29) is 0 Å². The molecule has 25 heavy (non-hydrogen) atoms. The van der Waals surface area contributed by atoms with E-state index >= 15 is 0 Å². The van der Waals surface area contributed by atoms with Crippen molar-refractivity contribution in [2.75, 3.05) is 25.7 Å². The predicted octanol–water partition coefficient (Wildman–Crippen LogP) is 7.30. The van der Waals surface area contributed by atoms with E-state index < -0.39 is 0 Å². The molecule has 0 spiro atoms. The molecule has 1 N–H and O–H groups in total. The molecule has 0 aliphatic rings. The zero-order valence-electron chi connectivity index (χ0n) is 17.5. The quantitative estimate of drug-likeness (QED) is 0.196. The Kier molecular flexibility index (Phi) is 33.6. The molecule has 0 unspecified atom stereocenters. The number of hydrogen-bond donors (Lipinski definition) is 1. The molecule has 0 atom stereocenters. The Morgan fingerprint density at radius 3 is 1.60 bits per heavy atom. The van der Waals surface area contributed by atoms with Crippen molar-refractivity contribution in [2.24, 2.45) is 0 Å². The molecule has 0 radical (unpaired) electrons. The maximum Gasteiger partial charge on any atom is 0.0671 e. The summed E-state index contributed by atoms with van der Waals surface area (Å²) in [5, 5.41) is 8.37.